The van der Waals surface area contributed by atoms with Crippen molar-refractivity contribution in [2.24, 2.45) is 11.5 Å². The Bertz CT molecular complexity index is 556. The summed E-state index contributed by atoms with van der Waals surface area (Å²) in [5, 5.41) is 2.23. The van der Waals surface area contributed by atoms with Gasteiger partial charge in [-0.3, -0.25) is 9.59 Å². The molecular weight excluding hydrogens is 287 g/mol. The van der Waals surface area contributed by atoms with Crippen LogP contribution in [0.15, 0.2) is 24.3 Å². The van der Waals surface area contributed by atoms with Crippen molar-refractivity contribution in [1.29, 1.82) is 0 Å². The highest BCUT2D eigenvalue weighted by Crippen LogP contribution is 2.34. The van der Waals surface area contributed by atoms with Crippen LogP contribution in [0, 0.1) is 0 Å². The number of hydrogen-bond acceptors (Lipinski definition) is 3. The molecule has 1 rings (SSSR count). The van der Waals surface area contributed by atoms with Crippen molar-refractivity contribution >= 4 is 11.8 Å². The van der Waals surface area contributed by atoms with Crippen LogP contribution in [0.25, 0.3) is 0 Å². The van der Waals surface area contributed by atoms with Crippen LogP contribution in [0.5, 0.6) is 0 Å². The maximum Gasteiger partial charge on any atom is 0.416 e. The van der Waals surface area contributed by atoms with Crippen LogP contribution in [0.4, 0.5) is 13.2 Å². The number of alkyl halides is 3. The van der Waals surface area contributed by atoms with Crippen LogP contribution in [0.1, 0.15) is 31.0 Å². The lowest BCUT2D eigenvalue weighted by Gasteiger charge is -2.25. The van der Waals surface area contributed by atoms with Gasteiger partial charge in [-0.05, 0) is 25.5 Å². The third-order valence-electron chi connectivity index (χ3n) is 2.94. The molecule has 0 radical (unpaired) electrons. The molecule has 1 aromatic carbocycles. The Morgan fingerprint density at radius 3 is 2.19 bits per heavy atom. The van der Waals surface area contributed by atoms with Crippen LogP contribution in [-0.2, 0) is 15.8 Å². The number of nitrogens with two attached hydrogens (primary N) is 2. The number of rotatable bonds is 4. The average Bonchev–Trinajstić information content (AvgIpc) is 2.36. The van der Waals surface area contributed by atoms with E-state index >= 15 is 0 Å². The fraction of sp³-hybridized carbons (Fsp3) is 0.385. The van der Waals surface area contributed by atoms with Crippen LogP contribution < -0.4 is 16.8 Å². The van der Waals surface area contributed by atoms with Crippen molar-refractivity contribution in [2.45, 2.75) is 31.6 Å². The maximum absolute atomic E-state index is 12.9. The van der Waals surface area contributed by atoms with Crippen molar-refractivity contribution in [3.05, 3.63) is 35.4 Å². The van der Waals surface area contributed by atoms with E-state index in [1.807, 2.05) is 0 Å². The molecule has 0 aliphatic carbocycles. The predicted octanol–water partition coefficient (Wildman–Crippen LogP) is 1.09. The Morgan fingerprint density at radius 1 is 1.19 bits per heavy atom. The van der Waals surface area contributed by atoms with Gasteiger partial charge in [-0.1, -0.05) is 18.2 Å². The van der Waals surface area contributed by atoms with Crippen LogP contribution in [0.3, 0.4) is 0 Å². The molecule has 21 heavy (non-hydrogen) atoms. The zero-order valence-corrected chi connectivity index (χ0v) is 11.5. The molecule has 116 valence electrons. The molecule has 5 nitrogen and oxygen atoms in total. The second kappa shape index (κ2) is 5.72. The highest BCUT2D eigenvalue weighted by Gasteiger charge is 2.37. The Morgan fingerprint density at radius 2 is 1.71 bits per heavy atom. The summed E-state index contributed by atoms with van der Waals surface area (Å²) >= 11 is 0. The van der Waals surface area contributed by atoms with Crippen LogP contribution in [-0.4, -0.2) is 17.4 Å². The predicted molar refractivity (Wildman–Crippen MR) is 69.8 cm³/mol. The van der Waals surface area contributed by atoms with Gasteiger partial charge >= 0.3 is 6.18 Å². The molecule has 2 amide bonds. The van der Waals surface area contributed by atoms with E-state index in [-0.39, 0.29) is 5.56 Å². The van der Waals surface area contributed by atoms with Crippen molar-refractivity contribution in [2.75, 3.05) is 0 Å². The number of nitrogens with one attached hydrogen (secondary N) is 1. The molecule has 0 aromatic heterocycles. The van der Waals surface area contributed by atoms with E-state index in [0.29, 0.717) is 0 Å². The standard InChI is InChI=1S/C13H16F3N3O2/c1-12(2,11(18)21)19-10(20)9(17)7-5-3-4-6-8(7)13(14,15)16/h3-6,9H,17H2,1-2H3,(H2,18,21)(H,19,20). The Hall–Kier alpha value is -2.09. The summed E-state index contributed by atoms with van der Waals surface area (Å²) in [5.41, 5.74) is 7.88. The number of hydrogen-bond donors (Lipinski definition) is 3. The quantitative estimate of drug-likeness (QED) is 0.776. The van der Waals surface area contributed by atoms with Gasteiger partial charge < -0.3 is 16.8 Å². The summed E-state index contributed by atoms with van der Waals surface area (Å²) in [7, 11) is 0. The lowest BCUT2D eigenvalue weighted by atomic mass is 9.98. The SMILES string of the molecule is CC(C)(NC(=O)C(N)c1ccccc1C(F)(F)F)C(N)=O. The maximum atomic E-state index is 12.9. The van der Waals surface area contributed by atoms with Gasteiger partial charge in [0.25, 0.3) is 0 Å². The van der Waals surface area contributed by atoms with Gasteiger partial charge in [0.1, 0.15) is 11.6 Å². The first-order chi connectivity index (χ1) is 9.47. The van der Waals surface area contributed by atoms with E-state index < -0.39 is 35.1 Å². The fourth-order valence-corrected chi connectivity index (χ4v) is 1.61. The minimum absolute atomic E-state index is 0.372. The van der Waals surface area contributed by atoms with E-state index in [9.17, 15) is 22.8 Å². The van der Waals surface area contributed by atoms with Gasteiger partial charge in [0, 0.05) is 0 Å². The van der Waals surface area contributed by atoms with Crippen molar-refractivity contribution < 1.29 is 22.8 Å². The lowest BCUT2D eigenvalue weighted by molar-refractivity contribution is -0.139. The molecule has 0 aliphatic rings. The average molecular weight is 303 g/mol. The summed E-state index contributed by atoms with van der Waals surface area (Å²) in [5.74, 6) is -1.75. The van der Waals surface area contributed by atoms with Gasteiger partial charge in [-0.15, -0.1) is 0 Å². The molecule has 0 saturated carbocycles. The summed E-state index contributed by atoms with van der Waals surface area (Å²) < 4.78 is 38.6. The van der Waals surface area contributed by atoms with E-state index in [2.05, 4.69) is 5.32 Å². The molecule has 1 aromatic rings. The smallest absolute Gasteiger partial charge is 0.368 e. The van der Waals surface area contributed by atoms with Crippen LogP contribution >= 0.6 is 0 Å². The molecule has 0 heterocycles. The summed E-state index contributed by atoms with van der Waals surface area (Å²) in [6.07, 6.45) is -4.63. The summed E-state index contributed by atoms with van der Waals surface area (Å²) in [4.78, 5) is 23.1. The molecule has 0 spiro atoms. The number of amides is 2. The number of benzene rings is 1. The molecule has 0 saturated heterocycles. The minimum atomic E-state index is -4.63. The van der Waals surface area contributed by atoms with E-state index in [1.54, 1.807) is 0 Å². The van der Waals surface area contributed by atoms with Gasteiger partial charge in [0.05, 0.1) is 5.56 Å². The molecule has 8 heteroatoms. The molecule has 1 unspecified atom stereocenters. The number of halogens is 3. The summed E-state index contributed by atoms with van der Waals surface area (Å²) in [6, 6.07) is 2.93. The highest BCUT2D eigenvalue weighted by atomic mass is 19.4. The van der Waals surface area contributed by atoms with Gasteiger partial charge in [0.15, 0.2) is 0 Å². The normalized spacial score (nSPS) is 13.6. The number of carbonyl (C=O) groups is 2. The topological polar surface area (TPSA) is 98.2 Å². The van der Waals surface area contributed by atoms with Crippen molar-refractivity contribution in [3.8, 4) is 0 Å². The Kier molecular flexibility index (Phi) is 4.62. The third kappa shape index (κ3) is 3.94. The van der Waals surface area contributed by atoms with E-state index in [4.69, 9.17) is 11.5 Å². The zero-order chi connectivity index (χ0) is 16.4. The van der Waals surface area contributed by atoms with Gasteiger partial charge in [-0.2, -0.15) is 13.2 Å². The Balaban J connectivity index is 3.07. The second-order valence-corrected chi connectivity index (χ2v) is 5.04. The number of primary amides is 1. The molecule has 0 aliphatic heterocycles. The molecule has 5 N–H and O–H groups in total. The minimum Gasteiger partial charge on any atom is -0.368 e. The first-order valence-electron chi connectivity index (χ1n) is 6.00. The van der Waals surface area contributed by atoms with Gasteiger partial charge in [-0.25, -0.2) is 0 Å². The van der Waals surface area contributed by atoms with Crippen LogP contribution in [0.2, 0.25) is 0 Å². The van der Waals surface area contributed by atoms with Crippen molar-refractivity contribution in [3.63, 3.8) is 0 Å². The third-order valence-corrected chi connectivity index (χ3v) is 2.94. The van der Waals surface area contributed by atoms with Crippen molar-refractivity contribution in [1.82, 2.24) is 5.32 Å². The Labute approximate surface area is 119 Å². The van der Waals surface area contributed by atoms with E-state index in [0.717, 1.165) is 12.1 Å². The monoisotopic (exact) mass is 303 g/mol. The molecule has 0 bridgehead atoms. The zero-order valence-electron chi connectivity index (χ0n) is 11.5. The number of carbonyl (C=O) groups excluding carboxylic acids is 2. The molecule has 1 atom stereocenters. The molecular formula is C13H16F3N3O2. The summed E-state index contributed by atoms with van der Waals surface area (Å²) in [6.45, 7) is 2.66. The van der Waals surface area contributed by atoms with E-state index in [1.165, 1.54) is 26.0 Å². The highest BCUT2D eigenvalue weighted by molar-refractivity contribution is 5.92. The van der Waals surface area contributed by atoms with Gasteiger partial charge in [0.2, 0.25) is 11.8 Å². The first kappa shape index (κ1) is 17.0. The first-order valence-corrected chi connectivity index (χ1v) is 6.00. The lowest BCUT2D eigenvalue weighted by Crippen LogP contribution is -2.55. The second-order valence-electron chi connectivity index (χ2n) is 5.04. The molecule has 0 fully saturated rings. The largest absolute Gasteiger partial charge is 0.416 e. The fourth-order valence-electron chi connectivity index (χ4n) is 1.61.